The molecule has 3 aromatic carbocycles. The Balaban J connectivity index is 1.50. The van der Waals surface area contributed by atoms with E-state index in [0.29, 0.717) is 0 Å². The van der Waals surface area contributed by atoms with Crippen LogP contribution in [0.2, 0.25) is 0 Å². The van der Waals surface area contributed by atoms with Gasteiger partial charge >= 0.3 is 0 Å². The Bertz CT molecular complexity index is 1160. The molecule has 0 amide bonds. The van der Waals surface area contributed by atoms with Crippen LogP contribution in [0.15, 0.2) is 84.9 Å². The summed E-state index contributed by atoms with van der Waals surface area (Å²) in [5, 5.41) is 1.19. The van der Waals surface area contributed by atoms with E-state index >= 15 is 0 Å². The van der Waals surface area contributed by atoms with Crippen molar-refractivity contribution in [1.82, 2.24) is 9.88 Å². The lowest BCUT2D eigenvalue weighted by Crippen LogP contribution is -2.32. The van der Waals surface area contributed by atoms with Crippen LogP contribution in [0.4, 0.5) is 0 Å². The quantitative estimate of drug-likeness (QED) is 0.405. The van der Waals surface area contributed by atoms with Gasteiger partial charge in [-0.15, -0.1) is 0 Å². The Hall–Kier alpha value is -3.17. The van der Waals surface area contributed by atoms with Crippen LogP contribution < -0.4 is 4.74 Å². The Kier molecular flexibility index (Phi) is 5.68. The van der Waals surface area contributed by atoms with Crippen molar-refractivity contribution >= 4 is 10.9 Å². The lowest BCUT2D eigenvalue weighted by molar-refractivity contribution is 0.136. The van der Waals surface area contributed by atoms with E-state index in [1.165, 1.54) is 27.6 Å². The van der Waals surface area contributed by atoms with E-state index < -0.39 is 0 Å². The van der Waals surface area contributed by atoms with Gasteiger partial charge < -0.3 is 4.74 Å². The van der Waals surface area contributed by atoms with Crippen molar-refractivity contribution in [3.8, 4) is 5.88 Å². The minimum absolute atomic E-state index is 0.149. The van der Waals surface area contributed by atoms with E-state index in [1.54, 1.807) is 0 Å². The van der Waals surface area contributed by atoms with Gasteiger partial charge in [-0.3, -0.25) is 4.90 Å². The van der Waals surface area contributed by atoms with E-state index in [1.807, 2.05) is 0 Å². The highest BCUT2D eigenvalue weighted by molar-refractivity contribution is 5.83. The molecule has 5 rings (SSSR count). The number of pyridine rings is 1. The smallest absolute Gasteiger partial charge is 0.218 e. The minimum Gasteiger partial charge on any atom is -0.473 e. The van der Waals surface area contributed by atoms with E-state index in [-0.39, 0.29) is 6.10 Å². The van der Waals surface area contributed by atoms with Crippen LogP contribution in [0, 0.1) is 0 Å². The lowest BCUT2D eigenvalue weighted by Gasteiger charge is -2.23. The van der Waals surface area contributed by atoms with Gasteiger partial charge in [0.15, 0.2) is 0 Å². The molecule has 3 heteroatoms. The largest absolute Gasteiger partial charge is 0.473 e. The van der Waals surface area contributed by atoms with Gasteiger partial charge in [0.2, 0.25) is 5.88 Å². The topological polar surface area (TPSA) is 25.4 Å². The molecule has 0 saturated carbocycles. The third-order valence-corrected chi connectivity index (χ3v) is 6.04. The molecule has 2 heterocycles. The zero-order chi connectivity index (χ0) is 21.0. The third kappa shape index (κ3) is 4.47. The Morgan fingerprint density at radius 1 is 0.903 bits per heavy atom. The van der Waals surface area contributed by atoms with Crippen LogP contribution >= 0.6 is 0 Å². The van der Waals surface area contributed by atoms with Gasteiger partial charge in [-0.1, -0.05) is 85.8 Å². The second-order valence-corrected chi connectivity index (χ2v) is 8.41. The lowest BCUT2D eigenvalue weighted by atomic mass is 10.0. The van der Waals surface area contributed by atoms with E-state index in [2.05, 4.69) is 96.8 Å². The summed E-state index contributed by atoms with van der Waals surface area (Å²) in [6.45, 7) is 4.88. The Morgan fingerprint density at radius 2 is 1.65 bits per heavy atom. The molecular weight excluding hydrogens is 380 g/mol. The number of para-hydroxylation sites is 1. The van der Waals surface area contributed by atoms with E-state index in [0.717, 1.165) is 43.9 Å². The molecule has 156 valence electrons. The van der Waals surface area contributed by atoms with Gasteiger partial charge in [-0.05, 0) is 35.6 Å². The molecule has 31 heavy (non-hydrogen) atoms. The molecule has 0 radical (unpaired) electrons. The number of hydrogen-bond donors (Lipinski definition) is 0. The van der Waals surface area contributed by atoms with E-state index in [4.69, 9.17) is 9.72 Å². The zero-order valence-electron chi connectivity index (χ0n) is 18.0. The molecular formula is C28H28N2O. The summed E-state index contributed by atoms with van der Waals surface area (Å²) in [4.78, 5) is 7.55. The maximum atomic E-state index is 6.43. The molecule has 0 spiro atoms. The molecule has 4 aromatic rings. The fraction of sp³-hybridized carbons (Fsp3) is 0.250. The molecule has 0 aliphatic carbocycles. The van der Waals surface area contributed by atoms with Gasteiger partial charge in [0.05, 0.1) is 5.52 Å². The monoisotopic (exact) mass is 408 g/mol. The normalized spacial score (nSPS) is 16.5. The number of rotatable bonds is 5. The predicted molar refractivity (Wildman–Crippen MR) is 126 cm³/mol. The second kappa shape index (κ2) is 8.91. The fourth-order valence-corrected chi connectivity index (χ4v) is 4.42. The summed E-state index contributed by atoms with van der Waals surface area (Å²) >= 11 is 0. The van der Waals surface area contributed by atoms with Gasteiger partial charge in [0.25, 0.3) is 0 Å². The molecule has 1 aromatic heterocycles. The van der Waals surface area contributed by atoms with Crippen molar-refractivity contribution in [1.29, 1.82) is 0 Å². The van der Waals surface area contributed by atoms with Gasteiger partial charge in [0, 0.05) is 30.6 Å². The number of fused-ring (bicyclic) bond motifs is 2. The molecule has 0 fully saturated rings. The molecule has 1 aliphatic rings. The van der Waals surface area contributed by atoms with Crippen molar-refractivity contribution < 1.29 is 4.74 Å². The average Bonchev–Trinajstić information content (AvgIpc) is 2.97. The molecule has 0 N–H and O–H groups in total. The molecule has 1 atom stereocenters. The second-order valence-electron chi connectivity index (χ2n) is 8.41. The first-order valence-electron chi connectivity index (χ1n) is 11.2. The Labute approximate surface area is 184 Å². The highest BCUT2D eigenvalue weighted by Gasteiger charge is 2.24. The summed E-state index contributed by atoms with van der Waals surface area (Å²) in [7, 11) is 0. The first-order valence-corrected chi connectivity index (χ1v) is 11.2. The van der Waals surface area contributed by atoms with Crippen molar-refractivity contribution in [3.05, 3.63) is 107 Å². The predicted octanol–water partition coefficient (Wildman–Crippen LogP) is 6.00. The zero-order valence-corrected chi connectivity index (χ0v) is 18.0. The SMILES string of the molecule is CC[C@H]1CN(Cc2ccccc2)Cc2cc3cccc(Cc4ccccc4)c3nc2O1. The van der Waals surface area contributed by atoms with Crippen LogP contribution in [-0.2, 0) is 19.5 Å². The number of aromatic nitrogens is 1. The maximum absolute atomic E-state index is 6.43. The minimum atomic E-state index is 0.149. The van der Waals surface area contributed by atoms with E-state index in [9.17, 15) is 0 Å². The maximum Gasteiger partial charge on any atom is 0.218 e. The third-order valence-electron chi connectivity index (χ3n) is 6.04. The van der Waals surface area contributed by atoms with Gasteiger partial charge in [-0.25, -0.2) is 4.98 Å². The number of benzene rings is 3. The first-order chi connectivity index (χ1) is 15.3. The van der Waals surface area contributed by atoms with Gasteiger partial charge in [0.1, 0.15) is 6.10 Å². The van der Waals surface area contributed by atoms with Crippen LogP contribution in [-0.4, -0.2) is 22.5 Å². The van der Waals surface area contributed by atoms with Crippen molar-refractivity contribution in [2.24, 2.45) is 0 Å². The Morgan fingerprint density at radius 3 is 2.39 bits per heavy atom. The van der Waals surface area contributed by atoms with Crippen LogP contribution in [0.25, 0.3) is 10.9 Å². The summed E-state index contributed by atoms with van der Waals surface area (Å²) < 4.78 is 6.43. The fourth-order valence-electron chi connectivity index (χ4n) is 4.42. The average molecular weight is 409 g/mol. The van der Waals surface area contributed by atoms with Crippen molar-refractivity contribution in [2.75, 3.05) is 6.54 Å². The number of hydrogen-bond acceptors (Lipinski definition) is 3. The number of ether oxygens (including phenoxy) is 1. The van der Waals surface area contributed by atoms with Crippen molar-refractivity contribution in [2.45, 2.75) is 39.0 Å². The highest BCUT2D eigenvalue weighted by atomic mass is 16.5. The number of nitrogens with zero attached hydrogens (tertiary/aromatic N) is 2. The van der Waals surface area contributed by atoms with Crippen LogP contribution in [0.3, 0.4) is 0 Å². The van der Waals surface area contributed by atoms with Gasteiger partial charge in [-0.2, -0.15) is 0 Å². The first kappa shape index (κ1) is 19.8. The summed E-state index contributed by atoms with van der Waals surface area (Å²) in [6, 6.07) is 30.1. The molecule has 1 aliphatic heterocycles. The summed E-state index contributed by atoms with van der Waals surface area (Å²) in [5.74, 6) is 0.801. The highest BCUT2D eigenvalue weighted by Crippen LogP contribution is 2.30. The van der Waals surface area contributed by atoms with Crippen molar-refractivity contribution in [3.63, 3.8) is 0 Å². The van der Waals surface area contributed by atoms with Crippen LogP contribution in [0.5, 0.6) is 5.88 Å². The molecule has 3 nitrogen and oxygen atoms in total. The summed E-state index contributed by atoms with van der Waals surface area (Å²) in [6.07, 6.45) is 1.99. The standard InChI is InChI=1S/C28H28N2O/c1-2-26-20-30(18-22-12-7-4-8-13-22)19-25-17-24-15-9-14-23(27(24)29-28(25)31-26)16-21-10-5-3-6-11-21/h3-15,17,26H,2,16,18-20H2,1H3/t26-/m0/s1. The summed E-state index contributed by atoms with van der Waals surface area (Å²) in [5.41, 5.74) is 6.11. The molecule has 0 bridgehead atoms. The molecule has 0 saturated heterocycles. The van der Waals surface area contributed by atoms with Crippen LogP contribution in [0.1, 0.15) is 35.6 Å². The molecule has 0 unspecified atom stereocenters.